The van der Waals surface area contributed by atoms with Gasteiger partial charge in [-0.3, -0.25) is 4.90 Å². The molecule has 0 saturated carbocycles. The van der Waals surface area contributed by atoms with Gasteiger partial charge in [0.1, 0.15) is 0 Å². The van der Waals surface area contributed by atoms with Crippen LogP contribution < -0.4 is 5.32 Å². The fourth-order valence-electron chi connectivity index (χ4n) is 2.26. The van der Waals surface area contributed by atoms with Gasteiger partial charge in [-0.15, -0.1) is 0 Å². The van der Waals surface area contributed by atoms with Crippen LogP contribution >= 0.6 is 22.6 Å². The minimum absolute atomic E-state index is 0.246. The first-order valence-electron chi connectivity index (χ1n) is 5.89. The largest absolute Gasteiger partial charge is 0.314 e. The Bertz CT molecular complexity index is 407. The van der Waals surface area contributed by atoms with E-state index in [0.29, 0.717) is 6.42 Å². The summed E-state index contributed by atoms with van der Waals surface area (Å²) in [6.07, 6.45) is 0.569. The van der Waals surface area contributed by atoms with Crippen molar-refractivity contribution >= 4 is 22.6 Å². The van der Waals surface area contributed by atoms with Gasteiger partial charge in [-0.05, 0) is 34.2 Å². The third kappa shape index (κ3) is 3.18. The molecule has 1 atom stereocenters. The van der Waals surface area contributed by atoms with Crippen LogP contribution in [-0.2, 0) is 0 Å². The topological polar surface area (TPSA) is 39.1 Å². The van der Waals surface area contributed by atoms with Crippen LogP contribution in [0, 0.1) is 14.9 Å². The molecule has 4 heteroatoms. The lowest BCUT2D eigenvalue weighted by molar-refractivity contribution is 0.175. The van der Waals surface area contributed by atoms with Crippen molar-refractivity contribution in [2.24, 2.45) is 0 Å². The molecular weight excluding hydrogens is 325 g/mol. The second kappa shape index (κ2) is 6.34. The van der Waals surface area contributed by atoms with E-state index in [4.69, 9.17) is 5.26 Å². The van der Waals surface area contributed by atoms with Crippen molar-refractivity contribution in [1.29, 1.82) is 5.26 Å². The number of nitrogens with one attached hydrogen (secondary N) is 1. The van der Waals surface area contributed by atoms with Crippen molar-refractivity contribution < 1.29 is 0 Å². The van der Waals surface area contributed by atoms with Gasteiger partial charge in [0, 0.05) is 35.8 Å². The van der Waals surface area contributed by atoms with Crippen LogP contribution in [0.2, 0.25) is 0 Å². The molecule has 90 valence electrons. The van der Waals surface area contributed by atoms with E-state index in [2.05, 4.69) is 57.1 Å². The van der Waals surface area contributed by atoms with Crippen LogP contribution in [0.15, 0.2) is 24.3 Å². The molecule has 1 fully saturated rings. The summed E-state index contributed by atoms with van der Waals surface area (Å²) in [5.74, 6) is 0. The molecule has 0 aliphatic carbocycles. The van der Waals surface area contributed by atoms with Crippen molar-refractivity contribution in [3.8, 4) is 6.07 Å². The van der Waals surface area contributed by atoms with E-state index in [9.17, 15) is 0 Å². The second-order valence-electron chi connectivity index (χ2n) is 4.19. The molecule has 1 heterocycles. The number of benzene rings is 1. The van der Waals surface area contributed by atoms with E-state index in [1.54, 1.807) is 0 Å². The third-order valence-corrected chi connectivity index (χ3v) is 4.12. The highest BCUT2D eigenvalue weighted by Crippen LogP contribution is 2.28. The van der Waals surface area contributed by atoms with Gasteiger partial charge in [0.2, 0.25) is 0 Å². The molecule has 0 amide bonds. The van der Waals surface area contributed by atoms with Crippen molar-refractivity contribution in [2.75, 3.05) is 26.2 Å². The van der Waals surface area contributed by atoms with Crippen molar-refractivity contribution in [1.82, 2.24) is 10.2 Å². The van der Waals surface area contributed by atoms with Gasteiger partial charge in [-0.25, -0.2) is 0 Å². The normalized spacial score (nSPS) is 18.6. The first-order valence-corrected chi connectivity index (χ1v) is 6.97. The van der Waals surface area contributed by atoms with Gasteiger partial charge in [0.15, 0.2) is 0 Å². The number of nitrogens with zero attached hydrogens (tertiary/aromatic N) is 2. The zero-order chi connectivity index (χ0) is 12.1. The van der Waals surface area contributed by atoms with Gasteiger partial charge in [0.05, 0.1) is 12.5 Å². The number of hydrogen-bond acceptors (Lipinski definition) is 3. The van der Waals surface area contributed by atoms with E-state index in [-0.39, 0.29) is 6.04 Å². The van der Waals surface area contributed by atoms with Crippen LogP contribution in [0.3, 0.4) is 0 Å². The van der Waals surface area contributed by atoms with Gasteiger partial charge in [0.25, 0.3) is 0 Å². The predicted octanol–water partition coefficient (Wildman–Crippen LogP) is 2.15. The minimum Gasteiger partial charge on any atom is -0.314 e. The zero-order valence-electron chi connectivity index (χ0n) is 9.69. The molecule has 3 nitrogen and oxygen atoms in total. The minimum atomic E-state index is 0.246. The van der Waals surface area contributed by atoms with Gasteiger partial charge < -0.3 is 5.32 Å². The number of piperazine rings is 1. The summed E-state index contributed by atoms with van der Waals surface area (Å²) >= 11 is 2.36. The molecule has 0 aromatic heterocycles. The maximum Gasteiger partial charge on any atom is 0.0641 e. The van der Waals surface area contributed by atoms with Crippen molar-refractivity contribution in [3.63, 3.8) is 0 Å². The van der Waals surface area contributed by atoms with E-state index in [1.807, 2.05) is 6.07 Å². The lowest BCUT2D eigenvalue weighted by Crippen LogP contribution is -2.45. The summed E-state index contributed by atoms with van der Waals surface area (Å²) in [7, 11) is 0. The van der Waals surface area contributed by atoms with Crippen LogP contribution in [0.1, 0.15) is 18.0 Å². The quantitative estimate of drug-likeness (QED) is 0.857. The lowest BCUT2D eigenvalue weighted by Gasteiger charge is -2.34. The number of halogens is 1. The standard InChI is InChI=1S/C13H16IN3/c14-12-4-2-1-3-11(12)13(5-6-15)17-9-7-16-8-10-17/h1-4,13,16H,5,7-10H2/t13-/m0/s1. The molecule has 1 aliphatic rings. The summed E-state index contributed by atoms with van der Waals surface area (Å²) < 4.78 is 1.25. The Kier molecular flexibility index (Phi) is 4.77. The average molecular weight is 341 g/mol. The third-order valence-electron chi connectivity index (χ3n) is 3.14. The first-order chi connectivity index (χ1) is 8.33. The number of nitriles is 1. The van der Waals surface area contributed by atoms with Crippen molar-refractivity contribution in [3.05, 3.63) is 33.4 Å². The Morgan fingerprint density at radius 2 is 2.06 bits per heavy atom. The Balaban J connectivity index is 2.22. The average Bonchev–Trinajstić information content (AvgIpc) is 2.38. The molecule has 17 heavy (non-hydrogen) atoms. The fourth-order valence-corrected chi connectivity index (χ4v) is 3.01. The van der Waals surface area contributed by atoms with Crippen LogP contribution in [0.25, 0.3) is 0 Å². The highest BCUT2D eigenvalue weighted by Gasteiger charge is 2.23. The van der Waals surface area contributed by atoms with Gasteiger partial charge >= 0.3 is 0 Å². The maximum atomic E-state index is 9.02. The SMILES string of the molecule is N#CC[C@@H](c1ccccc1I)N1CCNCC1. The van der Waals surface area contributed by atoms with Gasteiger partial charge in [-0.2, -0.15) is 5.26 Å². The van der Waals surface area contributed by atoms with E-state index < -0.39 is 0 Å². The smallest absolute Gasteiger partial charge is 0.0641 e. The Labute approximate surface area is 116 Å². The molecule has 1 aliphatic heterocycles. The van der Waals surface area contributed by atoms with Crippen molar-refractivity contribution in [2.45, 2.75) is 12.5 Å². The Morgan fingerprint density at radius 1 is 1.35 bits per heavy atom. The molecule has 2 rings (SSSR count). The molecule has 1 saturated heterocycles. The fraction of sp³-hybridized carbons (Fsp3) is 0.462. The summed E-state index contributed by atoms with van der Waals surface area (Å²) in [6, 6.07) is 10.9. The molecule has 0 bridgehead atoms. The predicted molar refractivity (Wildman–Crippen MR) is 76.6 cm³/mol. The molecule has 1 N–H and O–H groups in total. The van der Waals surface area contributed by atoms with E-state index in [1.165, 1.54) is 9.13 Å². The van der Waals surface area contributed by atoms with Crippen LogP contribution in [-0.4, -0.2) is 31.1 Å². The van der Waals surface area contributed by atoms with E-state index in [0.717, 1.165) is 26.2 Å². The summed E-state index contributed by atoms with van der Waals surface area (Å²) in [5.41, 5.74) is 1.29. The Hall–Kier alpha value is -0.640. The van der Waals surface area contributed by atoms with Crippen LogP contribution in [0.5, 0.6) is 0 Å². The molecule has 0 spiro atoms. The number of rotatable bonds is 3. The zero-order valence-corrected chi connectivity index (χ0v) is 11.9. The summed E-state index contributed by atoms with van der Waals surface area (Å²) in [4.78, 5) is 2.41. The summed E-state index contributed by atoms with van der Waals surface area (Å²) in [6.45, 7) is 4.09. The maximum absolute atomic E-state index is 9.02. The highest BCUT2D eigenvalue weighted by molar-refractivity contribution is 14.1. The summed E-state index contributed by atoms with van der Waals surface area (Å²) in [5, 5.41) is 12.4. The van der Waals surface area contributed by atoms with Crippen LogP contribution in [0.4, 0.5) is 0 Å². The highest BCUT2D eigenvalue weighted by atomic mass is 127. The lowest BCUT2D eigenvalue weighted by atomic mass is 10.0. The molecule has 0 unspecified atom stereocenters. The monoisotopic (exact) mass is 341 g/mol. The Morgan fingerprint density at radius 3 is 2.71 bits per heavy atom. The van der Waals surface area contributed by atoms with Gasteiger partial charge in [-0.1, -0.05) is 18.2 Å². The molecule has 1 aromatic rings. The first kappa shape index (κ1) is 12.8. The second-order valence-corrected chi connectivity index (χ2v) is 5.35. The molecule has 1 aromatic carbocycles. The number of hydrogen-bond donors (Lipinski definition) is 1. The van der Waals surface area contributed by atoms with E-state index >= 15 is 0 Å². The molecular formula is C13H16IN3. The molecule has 0 radical (unpaired) electrons.